The van der Waals surface area contributed by atoms with Crippen molar-refractivity contribution in [1.82, 2.24) is 20.7 Å². The number of morpholine rings is 1. The van der Waals surface area contributed by atoms with Gasteiger partial charge in [0, 0.05) is 49.4 Å². The lowest BCUT2D eigenvalue weighted by Crippen LogP contribution is -2.53. The highest BCUT2D eigenvalue weighted by molar-refractivity contribution is 5.42. The van der Waals surface area contributed by atoms with E-state index in [1.165, 1.54) is 0 Å². The molecular weight excluding hydrogens is 308 g/mol. The summed E-state index contributed by atoms with van der Waals surface area (Å²) in [6.45, 7) is 7.55. The Kier molecular flexibility index (Phi) is 5.55. The van der Waals surface area contributed by atoms with Crippen LogP contribution in [0.2, 0.25) is 0 Å². The number of methoxy groups -OCH3 is 2. The van der Waals surface area contributed by atoms with Crippen LogP contribution in [0.4, 0.5) is 0 Å². The maximum atomic E-state index is 5.79. The van der Waals surface area contributed by atoms with Crippen LogP contribution in [0.5, 0.6) is 11.5 Å². The molecule has 3 heterocycles. The number of rotatable bonds is 5. The van der Waals surface area contributed by atoms with Gasteiger partial charge in [-0.3, -0.25) is 20.7 Å². The topological polar surface area (TPSA) is 67.9 Å². The molecule has 0 bridgehead atoms. The standard InChI is InChI=1S/C17H28N4O3/c1-11-16(12(2)20-19-11)14-10-24-8-7-21(14)9-13-17(23-4)15(22-3)5-6-18-13/h5-6,11-12,14,16,19-20H,7-10H2,1-4H3. The fourth-order valence-electron chi connectivity index (χ4n) is 3.92. The van der Waals surface area contributed by atoms with Gasteiger partial charge in [-0.1, -0.05) is 0 Å². The molecule has 134 valence electrons. The lowest BCUT2D eigenvalue weighted by Gasteiger charge is -2.41. The van der Waals surface area contributed by atoms with E-state index < -0.39 is 0 Å². The van der Waals surface area contributed by atoms with Crippen LogP contribution in [0.15, 0.2) is 12.3 Å². The zero-order chi connectivity index (χ0) is 17.1. The van der Waals surface area contributed by atoms with E-state index in [-0.39, 0.29) is 0 Å². The van der Waals surface area contributed by atoms with E-state index in [9.17, 15) is 0 Å². The van der Waals surface area contributed by atoms with E-state index >= 15 is 0 Å². The molecule has 0 radical (unpaired) electrons. The lowest BCUT2D eigenvalue weighted by molar-refractivity contribution is -0.0385. The van der Waals surface area contributed by atoms with Gasteiger partial charge in [0.1, 0.15) is 5.69 Å². The Bertz CT molecular complexity index is 547. The van der Waals surface area contributed by atoms with Gasteiger partial charge in [0.25, 0.3) is 0 Å². The SMILES string of the molecule is COc1ccnc(CN2CCOCC2C2C(C)NNC2C)c1OC. The van der Waals surface area contributed by atoms with Gasteiger partial charge in [-0.15, -0.1) is 0 Å². The van der Waals surface area contributed by atoms with Crippen molar-refractivity contribution in [2.75, 3.05) is 34.0 Å². The summed E-state index contributed by atoms with van der Waals surface area (Å²) >= 11 is 0. The highest BCUT2D eigenvalue weighted by Crippen LogP contribution is 2.32. The smallest absolute Gasteiger partial charge is 0.183 e. The fraction of sp³-hybridized carbons (Fsp3) is 0.706. The van der Waals surface area contributed by atoms with E-state index in [1.807, 2.05) is 6.07 Å². The number of nitrogens with one attached hydrogen (secondary N) is 2. The van der Waals surface area contributed by atoms with Crippen LogP contribution < -0.4 is 20.3 Å². The highest BCUT2D eigenvalue weighted by Gasteiger charge is 2.40. The largest absolute Gasteiger partial charge is 0.493 e. The quantitative estimate of drug-likeness (QED) is 0.824. The maximum Gasteiger partial charge on any atom is 0.183 e. The second-order valence-electron chi connectivity index (χ2n) is 6.55. The summed E-state index contributed by atoms with van der Waals surface area (Å²) in [6.07, 6.45) is 1.77. The summed E-state index contributed by atoms with van der Waals surface area (Å²) in [7, 11) is 3.31. The zero-order valence-corrected chi connectivity index (χ0v) is 14.9. The van der Waals surface area contributed by atoms with E-state index in [1.54, 1.807) is 20.4 Å². The minimum atomic E-state index is 0.337. The number of hydrazine groups is 1. The third kappa shape index (κ3) is 3.35. The van der Waals surface area contributed by atoms with Crippen LogP contribution in [-0.4, -0.2) is 62.0 Å². The van der Waals surface area contributed by atoms with Gasteiger partial charge in [-0.2, -0.15) is 0 Å². The predicted octanol–water partition coefficient (Wildman–Crippen LogP) is 0.801. The van der Waals surface area contributed by atoms with Crippen molar-refractivity contribution in [2.45, 2.75) is 38.5 Å². The Morgan fingerprint density at radius 3 is 2.67 bits per heavy atom. The molecule has 0 amide bonds. The van der Waals surface area contributed by atoms with Gasteiger partial charge >= 0.3 is 0 Å². The summed E-state index contributed by atoms with van der Waals surface area (Å²) in [5.41, 5.74) is 7.60. The Balaban J connectivity index is 1.82. The van der Waals surface area contributed by atoms with E-state index in [4.69, 9.17) is 14.2 Å². The van der Waals surface area contributed by atoms with Crippen molar-refractivity contribution in [3.63, 3.8) is 0 Å². The Morgan fingerprint density at radius 1 is 1.25 bits per heavy atom. The van der Waals surface area contributed by atoms with E-state index in [0.717, 1.165) is 37.7 Å². The van der Waals surface area contributed by atoms with E-state index in [2.05, 4.69) is 34.6 Å². The lowest BCUT2D eigenvalue weighted by atomic mass is 9.87. The van der Waals surface area contributed by atoms with Crippen molar-refractivity contribution in [2.24, 2.45) is 5.92 Å². The molecule has 2 aliphatic rings. The minimum absolute atomic E-state index is 0.337. The first-order valence-electron chi connectivity index (χ1n) is 8.54. The first-order valence-corrected chi connectivity index (χ1v) is 8.54. The highest BCUT2D eigenvalue weighted by atomic mass is 16.5. The number of aromatic nitrogens is 1. The van der Waals surface area contributed by atoms with Crippen LogP contribution in [0, 0.1) is 5.92 Å². The molecule has 1 aromatic rings. The number of nitrogens with zero attached hydrogens (tertiary/aromatic N) is 2. The van der Waals surface area contributed by atoms with Crippen LogP contribution in [0.3, 0.4) is 0 Å². The second-order valence-corrected chi connectivity index (χ2v) is 6.55. The molecule has 2 N–H and O–H groups in total. The molecule has 7 heteroatoms. The fourth-order valence-corrected chi connectivity index (χ4v) is 3.92. The number of ether oxygens (including phenoxy) is 3. The average Bonchev–Trinajstić information content (AvgIpc) is 2.93. The molecule has 7 nitrogen and oxygen atoms in total. The molecule has 0 aromatic carbocycles. The van der Waals surface area contributed by atoms with Crippen LogP contribution in [-0.2, 0) is 11.3 Å². The summed E-state index contributed by atoms with van der Waals surface area (Å²) in [4.78, 5) is 6.99. The van der Waals surface area contributed by atoms with Gasteiger partial charge in [0.2, 0.25) is 0 Å². The monoisotopic (exact) mass is 336 g/mol. The van der Waals surface area contributed by atoms with Gasteiger partial charge in [0.15, 0.2) is 11.5 Å². The second kappa shape index (κ2) is 7.65. The van der Waals surface area contributed by atoms with Crippen molar-refractivity contribution in [1.29, 1.82) is 0 Å². The summed E-state index contributed by atoms with van der Waals surface area (Å²) in [5, 5.41) is 0. The maximum absolute atomic E-state index is 5.79. The molecule has 2 saturated heterocycles. The normalized spacial score (nSPS) is 31.2. The molecule has 0 spiro atoms. The third-order valence-corrected chi connectivity index (χ3v) is 5.14. The van der Waals surface area contributed by atoms with Crippen LogP contribution >= 0.6 is 0 Å². The van der Waals surface area contributed by atoms with Crippen molar-refractivity contribution >= 4 is 0 Å². The molecule has 0 aliphatic carbocycles. The first kappa shape index (κ1) is 17.4. The van der Waals surface area contributed by atoms with Crippen molar-refractivity contribution in [3.05, 3.63) is 18.0 Å². The van der Waals surface area contributed by atoms with Crippen LogP contribution in [0.25, 0.3) is 0 Å². The molecule has 1 aromatic heterocycles. The van der Waals surface area contributed by atoms with Crippen molar-refractivity contribution in [3.8, 4) is 11.5 Å². The van der Waals surface area contributed by atoms with Crippen molar-refractivity contribution < 1.29 is 14.2 Å². The molecule has 3 rings (SSSR count). The molecule has 2 aliphatic heterocycles. The first-order chi connectivity index (χ1) is 11.7. The number of pyridine rings is 1. The van der Waals surface area contributed by atoms with Crippen LogP contribution in [0.1, 0.15) is 19.5 Å². The third-order valence-electron chi connectivity index (χ3n) is 5.14. The Morgan fingerprint density at radius 2 is 2.00 bits per heavy atom. The van der Waals surface area contributed by atoms with E-state index in [0.29, 0.717) is 29.8 Å². The van der Waals surface area contributed by atoms with Gasteiger partial charge < -0.3 is 14.2 Å². The summed E-state index contributed by atoms with van der Waals surface area (Å²) in [6, 6.07) is 2.96. The molecule has 24 heavy (non-hydrogen) atoms. The Hall–Kier alpha value is -1.41. The summed E-state index contributed by atoms with van der Waals surface area (Å²) < 4.78 is 16.7. The zero-order valence-electron chi connectivity index (χ0n) is 14.9. The molecular formula is C17H28N4O3. The number of hydrogen-bond acceptors (Lipinski definition) is 7. The molecule has 2 fully saturated rings. The molecule has 0 saturated carbocycles. The summed E-state index contributed by atoms with van der Waals surface area (Å²) in [5.74, 6) is 1.91. The minimum Gasteiger partial charge on any atom is -0.493 e. The Labute approximate surface area is 143 Å². The van der Waals surface area contributed by atoms with Gasteiger partial charge in [-0.25, -0.2) is 0 Å². The molecule has 3 unspecified atom stereocenters. The predicted molar refractivity (Wildman–Crippen MR) is 91.0 cm³/mol. The number of hydrogen-bond donors (Lipinski definition) is 2. The molecule has 3 atom stereocenters. The van der Waals surface area contributed by atoms with Gasteiger partial charge in [-0.05, 0) is 13.8 Å². The average molecular weight is 336 g/mol. The van der Waals surface area contributed by atoms with Gasteiger partial charge in [0.05, 0.1) is 27.4 Å².